The monoisotopic (exact) mass is 362 g/mol. The van der Waals surface area contributed by atoms with E-state index in [1.807, 2.05) is 0 Å². The van der Waals surface area contributed by atoms with Crippen molar-refractivity contribution in [3.05, 3.63) is 23.8 Å². The first-order valence-corrected chi connectivity index (χ1v) is 9.83. The van der Waals surface area contributed by atoms with E-state index in [-0.39, 0.29) is 35.1 Å². The van der Waals surface area contributed by atoms with Crippen LogP contribution < -0.4 is 0 Å². The van der Waals surface area contributed by atoms with E-state index in [9.17, 15) is 19.1 Å². The van der Waals surface area contributed by atoms with E-state index in [1.54, 1.807) is 0 Å². The minimum atomic E-state index is -0.386. The molecule has 1 N–H and O–H groups in total. The van der Waals surface area contributed by atoms with Crippen molar-refractivity contribution in [2.45, 2.75) is 52.4 Å². The summed E-state index contributed by atoms with van der Waals surface area (Å²) in [5.41, 5.74) is 1.09. The SMILES string of the molecule is CC12C=CCC=C1CCC1C2C(=O)CC2(C)C(C(=O)CO)CCC12.CF. The second kappa shape index (κ2) is 7.03. The molecule has 0 heterocycles. The number of aliphatic hydroxyl groups excluding tert-OH is 1. The van der Waals surface area contributed by atoms with Gasteiger partial charge in [-0.2, -0.15) is 0 Å². The third kappa shape index (κ3) is 2.64. The lowest BCUT2D eigenvalue weighted by Crippen LogP contribution is -2.54. The van der Waals surface area contributed by atoms with Crippen LogP contribution in [0.3, 0.4) is 0 Å². The molecule has 0 spiro atoms. The quantitative estimate of drug-likeness (QED) is 0.754. The molecule has 144 valence electrons. The molecule has 0 aromatic carbocycles. The number of rotatable bonds is 2. The molecule has 0 radical (unpaired) electrons. The first-order chi connectivity index (χ1) is 12.4. The molecule has 0 amide bonds. The Morgan fingerprint density at radius 3 is 2.69 bits per heavy atom. The summed E-state index contributed by atoms with van der Waals surface area (Å²) in [4.78, 5) is 25.5. The van der Waals surface area contributed by atoms with Gasteiger partial charge in [0.15, 0.2) is 5.78 Å². The van der Waals surface area contributed by atoms with Gasteiger partial charge >= 0.3 is 0 Å². The van der Waals surface area contributed by atoms with Crippen LogP contribution in [0.5, 0.6) is 0 Å². The maximum absolute atomic E-state index is 13.3. The Morgan fingerprint density at radius 1 is 1.27 bits per heavy atom. The molecule has 0 aromatic heterocycles. The van der Waals surface area contributed by atoms with Gasteiger partial charge in [0, 0.05) is 23.7 Å². The van der Waals surface area contributed by atoms with Gasteiger partial charge < -0.3 is 5.11 Å². The van der Waals surface area contributed by atoms with Gasteiger partial charge in [0.05, 0.1) is 7.18 Å². The Hall–Kier alpha value is -1.29. The number of carbonyl (C=O) groups excluding carboxylic acids is 2. The average Bonchev–Trinajstić information content (AvgIpc) is 2.98. The van der Waals surface area contributed by atoms with Crippen molar-refractivity contribution in [2.75, 3.05) is 13.8 Å². The molecule has 6 unspecified atom stereocenters. The molecule has 6 atom stereocenters. The van der Waals surface area contributed by atoms with Gasteiger partial charge in [-0.1, -0.05) is 37.6 Å². The van der Waals surface area contributed by atoms with Crippen LogP contribution in [0.15, 0.2) is 23.8 Å². The number of ketones is 2. The van der Waals surface area contributed by atoms with Crippen molar-refractivity contribution in [3.8, 4) is 0 Å². The minimum Gasteiger partial charge on any atom is -0.389 e. The van der Waals surface area contributed by atoms with Gasteiger partial charge in [-0.05, 0) is 49.4 Å². The second-order valence-electron chi connectivity index (χ2n) is 8.84. The highest BCUT2D eigenvalue weighted by Crippen LogP contribution is 2.65. The van der Waals surface area contributed by atoms with E-state index in [2.05, 4.69) is 32.1 Å². The minimum absolute atomic E-state index is 0.0635. The summed E-state index contributed by atoms with van der Waals surface area (Å²) in [7, 11) is 0.500. The Balaban J connectivity index is 0.000000948. The van der Waals surface area contributed by atoms with Crippen molar-refractivity contribution >= 4 is 11.6 Å². The largest absolute Gasteiger partial charge is 0.389 e. The molecule has 3 fully saturated rings. The van der Waals surface area contributed by atoms with E-state index in [1.165, 1.54) is 5.57 Å². The zero-order valence-electron chi connectivity index (χ0n) is 16.1. The summed E-state index contributed by atoms with van der Waals surface area (Å²) >= 11 is 0. The second-order valence-corrected chi connectivity index (χ2v) is 8.84. The Labute approximate surface area is 155 Å². The van der Waals surface area contributed by atoms with Crippen molar-refractivity contribution in [1.29, 1.82) is 0 Å². The number of aliphatic hydroxyl groups is 1. The maximum Gasteiger partial charge on any atom is 0.161 e. The molecule has 4 heteroatoms. The summed E-state index contributed by atoms with van der Waals surface area (Å²) in [5, 5.41) is 9.34. The van der Waals surface area contributed by atoms with Gasteiger partial charge in [0.1, 0.15) is 12.4 Å². The van der Waals surface area contributed by atoms with Gasteiger partial charge in [0.25, 0.3) is 0 Å². The van der Waals surface area contributed by atoms with E-state index in [0.717, 1.165) is 32.1 Å². The standard InChI is InChI=1S/C21H28O3.CH3F/c1-20-10-4-3-5-13(20)6-7-14-15-8-9-16(18(24)12-22)21(15,2)11-17(23)19(14)20;1-2/h4-5,10,14-16,19,22H,3,6-9,11-12H2,1-2H3;1H3. The summed E-state index contributed by atoms with van der Waals surface area (Å²) in [6.45, 7) is 4.00. The Bertz CT molecular complexity index is 652. The Kier molecular flexibility index (Phi) is 5.26. The predicted molar refractivity (Wildman–Crippen MR) is 99.2 cm³/mol. The van der Waals surface area contributed by atoms with Crippen LogP contribution in [0.1, 0.15) is 52.4 Å². The fraction of sp³-hybridized carbons (Fsp3) is 0.727. The number of fused-ring (bicyclic) bond motifs is 5. The molecule has 3 nitrogen and oxygen atoms in total. The van der Waals surface area contributed by atoms with Crippen LogP contribution in [0.25, 0.3) is 0 Å². The molecular formula is C22H31FO3. The average molecular weight is 362 g/mol. The number of allylic oxidation sites excluding steroid dienone is 4. The van der Waals surface area contributed by atoms with Crippen LogP contribution in [0.2, 0.25) is 0 Å². The van der Waals surface area contributed by atoms with E-state index in [4.69, 9.17) is 0 Å². The van der Waals surface area contributed by atoms with E-state index >= 15 is 0 Å². The highest BCUT2D eigenvalue weighted by Gasteiger charge is 2.62. The van der Waals surface area contributed by atoms with Crippen LogP contribution in [0, 0.1) is 34.5 Å². The van der Waals surface area contributed by atoms with Gasteiger partial charge in [-0.15, -0.1) is 0 Å². The third-order valence-electron chi connectivity index (χ3n) is 7.85. The molecule has 26 heavy (non-hydrogen) atoms. The number of alkyl halides is 1. The molecule has 0 aliphatic heterocycles. The smallest absolute Gasteiger partial charge is 0.161 e. The fourth-order valence-corrected chi connectivity index (χ4v) is 6.81. The summed E-state index contributed by atoms with van der Waals surface area (Å²) < 4.78 is 9.50. The third-order valence-corrected chi connectivity index (χ3v) is 7.85. The van der Waals surface area contributed by atoms with Crippen molar-refractivity contribution in [1.82, 2.24) is 0 Å². The van der Waals surface area contributed by atoms with Gasteiger partial charge in [-0.25, -0.2) is 0 Å². The summed E-state index contributed by atoms with van der Waals surface area (Å²) in [5.74, 6) is 1.05. The molecular weight excluding hydrogens is 331 g/mol. The van der Waals surface area contributed by atoms with E-state index in [0.29, 0.717) is 31.2 Å². The first kappa shape index (κ1) is 19.5. The van der Waals surface area contributed by atoms with Gasteiger partial charge in [0.2, 0.25) is 0 Å². The first-order valence-electron chi connectivity index (χ1n) is 9.83. The molecule has 0 saturated heterocycles. The number of Topliss-reactive ketones (excluding diaryl/α,β-unsaturated/α-hetero) is 2. The van der Waals surface area contributed by atoms with E-state index < -0.39 is 0 Å². The summed E-state index contributed by atoms with van der Waals surface area (Å²) in [6, 6.07) is 0. The van der Waals surface area contributed by atoms with Crippen molar-refractivity contribution < 1.29 is 19.1 Å². The van der Waals surface area contributed by atoms with Crippen molar-refractivity contribution in [2.24, 2.45) is 34.5 Å². The van der Waals surface area contributed by atoms with Crippen LogP contribution in [0.4, 0.5) is 4.39 Å². The molecule has 0 aromatic rings. The Morgan fingerprint density at radius 2 is 2.00 bits per heavy atom. The summed E-state index contributed by atoms with van der Waals surface area (Å²) in [6.07, 6.45) is 12.3. The fourth-order valence-electron chi connectivity index (χ4n) is 6.81. The molecule has 4 rings (SSSR count). The lowest BCUT2D eigenvalue weighted by Gasteiger charge is -2.55. The molecule has 4 aliphatic carbocycles. The number of hydrogen-bond acceptors (Lipinski definition) is 3. The zero-order chi connectivity index (χ0) is 19.1. The molecule has 0 bridgehead atoms. The highest BCUT2D eigenvalue weighted by atomic mass is 19.1. The van der Waals surface area contributed by atoms with Crippen LogP contribution >= 0.6 is 0 Å². The predicted octanol–water partition coefficient (Wildman–Crippen LogP) is 4.06. The molecule has 4 aliphatic rings. The topological polar surface area (TPSA) is 54.4 Å². The van der Waals surface area contributed by atoms with Crippen LogP contribution in [-0.4, -0.2) is 30.5 Å². The lowest BCUT2D eigenvalue weighted by molar-refractivity contribution is -0.145. The lowest BCUT2D eigenvalue weighted by atomic mass is 9.47. The number of halogens is 1. The van der Waals surface area contributed by atoms with Crippen molar-refractivity contribution in [3.63, 3.8) is 0 Å². The van der Waals surface area contributed by atoms with Gasteiger partial charge in [-0.3, -0.25) is 14.0 Å². The van der Waals surface area contributed by atoms with Crippen LogP contribution in [-0.2, 0) is 9.59 Å². The highest BCUT2D eigenvalue weighted by molar-refractivity contribution is 5.88. The normalized spacial score (nSPS) is 43.4. The molecule has 3 saturated carbocycles. The zero-order valence-corrected chi connectivity index (χ0v) is 16.1. The maximum atomic E-state index is 13.3. The number of carbonyl (C=O) groups is 2. The number of hydrogen-bond donors (Lipinski definition) is 1.